The summed E-state index contributed by atoms with van der Waals surface area (Å²) in [5.74, 6) is -0.205. The van der Waals surface area contributed by atoms with Gasteiger partial charge in [0, 0.05) is 29.6 Å². The number of benzene rings is 4. The average molecular weight is 469 g/mol. The lowest BCUT2D eigenvalue weighted by molar-refractivity contribution is 0.105. The number of fused-ring (bicyclic) bond motifs is 2. The molecule has 1 aromatic heterocycles. The molecule has 6 rings (SSSR count). The van der Waals surface area contributed by atoms with Crippen LogP contribution < -0.4 is 4.90 Å². The second kappa shape index (κ2) is 9.16. The first kappa shape index (κ1) is 21.8. The molecule has 1 aliphatic rings. The molecule has 1 heterocycles. The first-order valence-electron chi connectivity index (χ1n) is 12.0. The molecular weight excluding hydrogens is 444 g/mol. The van der Waals surface area contributed by atoms with Gasteiger partial charge in [-0.2, -0.15) is 0 Å². The van der Waals surface area contributed by atoms with Crippen LogP contribution in [-0.4, -0.2) is 15.9 Å². The Balaban J connectivity index is 1.47. The lowest BCUT2D eigenvalue weighted by Crippen LogP contribution is -2.22. The summed E-state index contributed by atoms with van der Waals surface area (Å²) in [6.07, 6.45) is 0. The van der Waals surface area contributed by atoms with Crippen molar-refractivity contribution in [1.82, 2.24) is 4.98 Å². The Kier molecular flexibility index (Phi) is 5.55. The van der Waals surface area contributed by atoms with Gasteiger partial charge >= 0.3 is 0 Å². The normalized spacial score (nSPS) is 12.7. The molecule has 1 N–H and O–H groups in total. The molecule has 0 bridgehead atoms. The summed E-state index contributed by atoms with van der Waals surface area (Å²) < 4.78 is 0. The summed E-state index contributed by atoms with van der Waals surface area (Å²) >= 11 is 0. The third-order valence-electron chi connectivity index (χ3n) is 6.62. The Hall–Kier alpha value is -4.70. The molecule has 0 unspecified atom stereocenters. The van der Waals surface area contributed by atoms with Gasteiger partial charge in [-0.15, -0.1) is 0 Å². The van der Waals surface area contributed by atoms with E-state index in [-0.39, 0.29) is 17.1 Å². The van der Waals surface area contributed by atoms with Crippen molar-refractivity contribution in [3.05, 3.63) is 143 Å². The summed E-state index contributed by atoms with van der Waals surface area (Å²) in [5, 5.41) is 11.9. The van der Waals surface area contributed by atoms with Crippen molar-refractivity contribution < 1.29 is 9.90 Å². The largest absolute Gasteiger partial charge is 0.506 e. The minimum absolute atomic E-state index is 0.00893. The molecular formula is C32H24N2O2. The highest BCUT2D eigenvalue weighted by atomic mass is 16.3. The van der Waals surface area contributed by atoms with Gasteiger partial charge in [-0.25, -0.2) is 4.98 Å². The maximum absolute atomic E-state index is 13.2. The van der Waals surface area contributed by atoms with E-state index in [2.05, 4.69) is 35.2 Å². The number of pyridine rings is 1. The number of anilines is 1. The number of ketones is 1. The summed E-state index contributed by atoms with van der Waals surface area (Å²) in [6.45, 7) is 1.41. The molecule has 0 spiro atoms. The molecule has 4 nitrogen and oxygen atoms in total. The zero-order valence-corrected chi connectivity index (χ0v) is 19.6. The Morgan fingerprint density at radius 3 is 1.89 bits per heavy atom. The van der Waals surface area contributed by atoms with Crippen LogP contribution in [0.25, 0.3) is 22.2 Å². The van der Waals surface area contributed by atoms with Gasteiger partial charge in [-0.3, -0.25) is 4.79 Å². The first-order valence-corrected chi connectivity index (χ1v) is 12.0. The number of hydrogen-bond acceptors (Lipinski definition) is 4. The highest BCUT2D eigenvalue weighted by molar-refractivity contribution is 6.38. The van der Waals surface area contributed by atoms with Crippen molar-refractivity contribution in [1.29, 1.82) is 0 Å². The van der Waals surface area contributed by atoms with Gasteiger partial charge in [-0.1, -0.05) is 103 Å². The molecule has 1 aliphatic carbocycles. The second-order valence-electron chi connectivity index (χ2n) is 8.97. The van der Waals surface area contributed by atoms with Crippen LogP contribution in [0.5, 0.6) is 0 Å². The number of aliphatic hydroxyl groups excluding tert-OH is 1. The van der Waals surface area contributed by atoms with E-state index in [0.29, 0.717) is 29.9 Å². The Labute approximate surface area is 209 Å². The summed E-state index contributed by atoms with van der Waals surface area (Å²) in [5.41, 5.74) is 5.97. The zero-order valence-electron chi connectivity index (χ0n) is 19.6. The number of nitrogens with zero attached hydrogens (tertiary/aromatic N) is 2. The first-order chi connectivity index (χ1) is 17.7. The molecule has 0 saturated heterocycles. The van der Waals surface area contributed by atoms with Crippen molar-refractivity contribution >= 4 is 33.7 Å². The molecule has 5 aromatic rings. The molecule has 0 saturated carbocycles. The number of rotatable bonds is 6. The molecule has 4 heteroatoms. The highest BCUT2D eigenvalue weighted by Crippen LogP contribution is 2.37. The van der Waals surface area contributed by atoms with Crippen LogP contribution in [0.2, 0.25) is 0 Å². The quantitative estimate of drug-likeness (QED) is 0.290. The van der Waals surface area contributed by atoms with Crippen LogP contribution in [0.4, 0.5) is 5.69 Å². The molecule has 174 valence electrons. The lowest BCUT2D eigenvalue weighted by Gasteiger charge is -2.26. The van der Waals surface area contributed by atoms with E-state index < -0.39 is 0 Å². The number of Topliss-reactive ketones (excluding diaryl/α,β-unsaturated/α-hetero) is 1. The monoisotopic (exact) mass is 468 g/mol. The lowest BCUT2D eigenvalue weighted by atomic mass is 10.0. The van der Waals surface area contributed by atoms with Crippen LogP contribution in [0.1, 0.15) is 32.7 Å². The molecule has 4 aromatic carbocycles. The number of hydrogen-bond donors (Lipinski definition) is 1. The number of aromatic nitrogens is 1. The molecule has 0 amide bonds. The average Bonchev–Trinajstić information content (AvgIpc) is 3.18. The topological polar surface area (TPSA) is 53.4 Å². The van der Waals surface area contributed by atoms with E-state index in [4.69, 9.17) is 4.98 Å². The van der Waals surface area contributed by atoms with E-state index in [1.807, 2.05) is 72.8 Å². The van der Waals surface area contributed by atoms with Crippen LogP contribution in [0.15, 0.2) is 115 Å². The van der Waals surface area contributed by atoms with Crippen molar-refractivity contribution in [3.8, 4) is 0 Å². The number of carbonyl (C=O) groups is 1. The fraction of sp³-hybridized carbons (Fsp3) is 0.0625. The number of carbonyl (C=O) groups excluding carboxylic acids is 1. The maximum Gasteiger partial charge on any atom is 0.199 e. The van der Waals surface area contributed by atoms with Gasteiger partial charge in [0.15, 0.2) is 5.78 Å². The van der Waals surface area contributed by atoms with Crippen LogP contribution in [-0.2, 0) is 13.1 Å². The summed E-state index contributed by atoms with van der Waals surface area (Å²) in [7, 11) is 0. The summed E-state index contributed by atoms with van der Waals surface area (Å²) in [6, 6.07) is 37.8. The highest BCUT2D eigenvalue weighted by Gasteiger charge is 2.31. The van der Waals surface area contributed by atoms with Crippen molar-refractivity contribution in [3.63, 3.8) is 0 Å². The van der Waals surface area contributed by atoms with Gasteiger partial charge in [0.1, 0.15) is 5.76 Å². The zero-order chi connectivity index (χ0) is 24.5. The number of aliphatic hydroxyl groups is 1. The predicted molar refractivity (Wildman–Crippen MR) is 145 cm³/mol. The van der Waals surface area contributed by atoms with Gasteiger partial charge < -0.3 is 10.0 Å². The second-order valence-corrected chi connectivity index (χ2v) is 8.97. The standard InChI is InChI=1S/C32H24N2O2/c35-31-25-15-7-8-16-26(25)32(36)29(31)27-19-18-24-14-9-17-28(30(24)33-27)34(20-22-10-3-1-4-11-22)21-23-12-5-2-6-13-23/h1-19,35H,20-21H2. The van der Waals surface area contributed by atoms with Gasteiger partial charge in [0.2, 0.25) is 0 Å². The van der Waals surface area contributed by atoms with E-state index in [1.54, 1.807) is 12.1 Å². The van der Waals surface area contributed by atoms with Crippen molar-refractivity contribution in [2.45, 2.75) is 13.1 Å². The number of allylic oxidation sites excluding steroid dienone is 1. The van der Waals surface area contributed by atoms with Gasteiger partial charge in [0.05, 0.1) is 22.5 Å². The Morgan fingerprint density at radius 1 is 0.639 bits per heavy atom. The smallest absolute Gasteiger partial charge is 0.199 e. The Morgan fingerprint density at radius 2 is 1.25 bits per heavy atom. The molecule has 0 fully saturated rings. The number of para-hydroxylation sites is 1. The van der Waals surface area contributed by atoms with Gasteiger partial charge in [0.25, 0.3) is 0 Å². The summed E-state index contributed by atoms with van der Waals surface area (Å²) in [4.78, 5) is 20.5. The third kappa shape index (κ3) is 3.93. The molecule has 0 aliphatic heterocycles. The minimum atomic E-state index is -0.196. The van der Waals surface area contributed by atoms with E-state index in [1.165, 1.54) is 11.1 Å². The third-order valence-corrected chi connectivity index (χ3v) is 6.62. The van der Waals surface area contributed by atoms with E-state index in [0.717, 1.165) is 16.6 Å². The molecule has 0 atom stereocenters. The van der Waals surface area contributed by atoms with Gasteiger partial charge in [-0.05, 0) is 23.3 Å². The van der Waals surface area contributed by atoms with Crippen LogP contribution in [0, 0.1) is 0 Å². The van der Waals surface area contributed by atoms with Crippen LogP contribution >= 0.6 is 0 Å². The molecule has 36 heavy (non-hydrogen) atoms. The fourth-order valence-electron chi connectivity index (χ4n) is 4.86. The van der Waals surface area contributed by atoms with Crippen LogP contribution in [0.3, 0.4) is 0 Å². The van der Waals surface area contributed by atoms with E-state index in [9.17, 15) is 9.90 Å². The predicted octanol–water partition coefficient (Wildman–Crippen LogP) is 7.06. The minimum Gasteiger partial charge on any atom is -0.506 e. The van der Waals surface area contributed by atoms with Crippen molar-refractivity contribution in [2.24, 2.45) is 0 Å². The maximum atomic E-state index is 13.2. The molecule has 0 radical (unpaired) electrons. The van der Waals surface area contributed by atoms with Crippen molar-refractivity contribution in [2.75, 3.05) is 4.90 Å². The SMILES string of the molecule is O=C1C(c2ccc3cccc(N(Cc4ccccc4)Cc4ccccc4)c3n2)=C(O)c2ccccc21. The fourth-order valence-corrected chi connectivity index (χ4v) is 4.86. The van der Waals surface area contributed by atoms with E-state index >= 15 is 0 Å². The Bertz CT molecular complexity index is 1570.